The smallest absolute Gasteiger partial charge is 0.413 e. The molecule has 4 aromatic rings. The lowest BCUT2D eigenvalue weighted by atomic mass is 9.87. The molecule has 5 rings (SSSR count). The molecule has 1 fully saturated rings. The van der Waals surface area contributed by atoms with Crippen LogP contribution in [0.2, 0.25) is 0 Å². The molecule has 1 saturated heterocycles. The standard InChI is InChI=1S/C35H41N5O4/c1-26(27-12-5-3-6-13-27)33(28-14-9-16-30(24-28)43-2)40(35(41)42)32-18-19-36-34(38-32)37-29-15-10-17-31(25-29)44-23-11-22-39-20-7-4-8-21-39/h3,5-6,9-10,12-19,24-26,33H,4,7-8,11,20-23H2,1-2H3,(H,41,42)(H,36,37,38). The molecular formula is C35H41N5O4. The van der Waals surface area contributed by atoms with Crippen LogP contribution in [0.25, 0.3) is 0 Å². The summed E-state index contributed by atoms with van der Waals surface area (Å²) in [5.74, 6) is 1.75. The topological polar surface area (TPSA) is 100 Å². The quantitative estimate of drug-likeness (QED) is 0.153. The molecule has 44 heavy (non-hydrogen) atoms. The monoisotopic (exact) mass is 595 g/mol. The Labute approximate surface area is 259 Å². The average molecular weight is 596 g/mol. The Balaban J connectivity index is 1.35. The van der Waals surface area contributed by atoms with Gasteiger partial charge < -0.3 is 24.8 Å². The Morgan fingerprint density at radius 2 is 1.70 bits per heavy atom. The fourth-order valence-corrected chi connectivity index (χ4v) is 5.78. The molecule has 0 spiro atoms. The van der Waals surface area contributed by atoms with Crippen LogP contribution in [-0.2, 0) is 0 Å². The van der Waals surface area contributed by atoms with E-state index < -0.39 is 12.1 Å². The highest BCUT2D eigenvalue weighted by atomic mass is 16.5. The van der Waals surface area contributed by atoms with Crippen molar-refractivity contribution in [2.45, 2.75) is 44.6 Å². The van der Waals surface area contributed by atoms with E-state index in [4.69, 9.17) is 9.47 Å². The predicted molar refractivity (Wildman–Crippen MR) is 173 cm³/mol. The van der Waals surface area contributed by atoms with Crippen molar-refractivity contribution in [2.24, 2.45) is 0 Å². The molecule has 1 amide bonds. The lowest BCUT2D eigenvalue weighted by molar-refractivity contribution is 0.197. The van der Waals surface area contributed by atoms with Crippen molar-refractivity contribution in [1.29, 1.82) is 0 Å². The number of methoxy groups -OCH3 is 1. The number of ether oxygens (including phenoxy) is 2. The zero-order chi connectivity index (χ0) is 30.7. The molecule has 3 aromatic carbocycles. The number of hydrogen-bond donors (Lipinski definition) is 2. The highest BCUT2D eigenvalue weighted by Gasteiger charge is 2.33. The SMILES string of the molecule is COc1cccc(C(C(C)c2ccccc2)N(C(=O)O)c2ccnc(Nc3cccc(OCCCN4CCCCC4)c3)n2)c1. The highest BCUT2D eigenvalue weighted by molar-refractivity contribution is 5.86. The van der Waals surface area contributed by atoms with Gasteiger partial charge in [-0.2, -0.15) is 4.98 Å². The Morgan fingerprint density at radius 3 is 2.48 bits per heavy atom. The minimum Gasteiger partial charge on any atom is -0.497 e. The minimum atomic E-state index is -1.12. The lowest BCUT2D eigenvalue weighted by Crippen LogP contribution is -2.37. The Hall–Kier alpha value is -4.63. The summed E-state index contributed by atoms with van der Waals surface area (Å²) < 4.78 is 11.5. The number of carbonyl (C=O) groups is 1. The van der Waals surface area contributed by atoms with E-state index in [2.05, 4.69) is 20.2 Å². The number of piperidine rings is 1. The van der Waals surface area contributed by atoms with Gasteiger partial charge in [-0.15, -0.1) is 0 Å². The summed E-state index contributed by atoms with van der Waals surface area (Å²) in [5, 5.41) is 13.8. The number of nitrogens with one attached hydrogen (secondary N) is 1. The molecule has 2 atom stereocenters. The highest BCUT2D eigenvalue weighted by Crippen LogP contribution is 2.39. The van der Waals surface area contributed by atoms with E-state index in [1.165, 1.54) is 37.3 Å². The molecule has 1 aliphatic heterocycles. The molecule has 0 bridgehead atoms. The van der Waals surface area contributed by atoms with E-state index in [9.17, 15) is 9.90 Å². The zero-order valence-electron chi connectivity index (χ0n) is 25.4. The lowest BCUT2D eigenvalue weighted by Gasteiger charge is -2.34. The average Bonchev–Trinajstić information content (AvgIpc) is 3.06. The van der Waals surface area contributed by atoms with Crippen molar-refractivity contribution >= 4 is 23.5 Å². The second kappa shape index (κ2) is 15.2. The summed E-state index contributed by atoms with van der Waals surface area (Å²) in [4.78, 5) is 25.8. The molecule has 9 heteroatoms. The molecular weight excluding hydrogens is 554 g/mol. The zero-order valence-corrected chi connectivity index (χ0v) is 25.4. The third-order valence-corrected chi connectivity index (χ3v) is 8.03. The molecule has 2 heterocycles. The number of rotatable bonds is 13. The Kier molecular flexibility index (Phi) is 10.6. The van der Waals surface area contributed by atoms with Gasteiger partial charge in [0.2, 0.25) is 5.95 Å². The molecule has 1 aliphatic rings. The first-order chi connectivity index (χ1) is 21.5. The van der Waals surface area contributed by atoms with Gasteiger partial charge in [0, 0.05) is 30.4 Å². The molecule has 9 nitrogen and oxygen atoms in total. The number of hydrogen-bond acceptors (Lipinski definition) is 7. The van der Waals surface area contributed by atoms with E-state index in [1.54, 1.807) is 19.4 Å². The minimum absolute atomic E-state index is 0.200. The van der Waals surface area contributed by atoms with Crippen molar-refractivity contribution in [3.8, 4) is 11.5 Å². The van der Waals surface area contributed by atoms with Gasteiger partial charge in [0.15, 0.2) is 0 Å². The van der Waals surface area contributed by atoms with Crippen LogP contribution in [-0.4, -0.2) is 59.4 Å². The summed E-state index contributed by atoms with van der Waals surface area (Å²) in [6.45, 7) is 6.09. The summed E-state index contributed by atoms with van der Waals surface area (Å²) in [5.41, 5.74) is 2.55. The van der Waals surface area contributed by atoms with Gasteiger partial charge in [-0.3, -0.25) is 4.90 Å². The number of anilines is 3. The van der Waals surface area contributed by atoms with Crippen molar-refractivity contribution in [2.75, 3.05) is 43.6 Å². The van der Waals surface area contributed by atoms with Gasteiger partial charge in [0.05, 0.1) is 19.8 Å². The molecule has 1 aromatic heterocycles. The normalized spacial score (nSPS) is 14.8. The maximum Gasteiger partial charge on any atom is 0.413 e. The van der Waals surface area contributed by atoms with Crippen LogP contribution in [0, 0.1) is 0 Å². The van der Waals surface area contributed by atoms with Crippen LogP contribution in [0.1, 0.15) is 55.7 Å². The van der Waals surface area contributed by atoms with Crippen molar-refractivity contribution in [1.82, 2.24) is 14.9 Å². The predicted octanol–water partition coefficient (Wildman–Crippen LogP) is 7.51. The molecule has 0 radical (unpaired) electrons. The molecule has 2 unspecified atom stereocenters. The van der Waals surface area contributed by atoms with Crippen LogP contribution in [0.5, 0.6) is 11.5 Å². The van der Waals surface area contributed by atoms with Crippen LogP contribution in [0.3, 0.4) is 0 Å². The number of likely N-dealkylation sites (tertiary alicyclic amines) is 1. The number of aromatic nitrogens is 2. The van der Waals surface area contributed by atoms with E-state index in [0.717, 1.165) is 35.5 Å². The fraction of sp³-hybridized carbons (Fsp3) is 0.343. The number of benzene rings is 3. The first kappa shape index (κ1) is 30.8. The maximum atomic E-state index is 12.9. The third kappa shape index (κ3) is 8.05. The molecule has 0 saturated carbocycles. The van der Waals surface area contributed by atoms with Gasteiger partial charge in [-0.05, 0) is 73.8 Å². The van der Waals surface area contributed by atoms with E-state index in [1.807, 2.05) is 85.8 Å². The van der Waals surface area contributed by atoms with Gasteiger partial charge >= 0.3 is 6.09 Å². The fourth-order valence-electron chi connectivity index (χ4n) is 5.78. The van der Waals surface area contributed by atoms with Gasteiger partial charge in [-0.25, -0.2) is 9.78 Å². The van der Waals surface area contributed by atoms with Crippen molar-refractivity contribution in [3.63, 3.8) is 0 Å². The summed E-state index contributed by atoms with van der Waals surface area (Å²) in [6, 6.07) is 26.1. The van der Waals surface area contributed by atoms with Gasteiger partial charge in [0.25, 0.3) is 0 Å². The Bertz CT molecular complexity index is 1500. The third-order valence-electron chi connectivity index (χ3n) is 8.03. The van der Waals surface area contributed by atoms with Crippen LogP contribution in [0.4, 0.5) is 22.2 Å². The van der Waals surface area contributed by atoms with Crippen molar-refractivity contribution < 1.29 is 19.4 Å². The second-order valence-corrected chi connectivity index (χ2v) is 11.1. The van der Waals surface area contributed by atoms with Crippen molar-refractivity contribution in [3.05, 3.63) is 102 Å². The molecule has 0 aliphatic carbocycles. The van der Waals surface area contributed by atoms with E-state index in [0.29, 0.717) is 12.4 Å². The Morgan fingerprint density at radius 1 is 0.955 bits per heavy atom. The summed E-state index contributed by atoms with van der Waals surface area (Å²) in [7, 11) is 1.60. The molecule has 2 N–H and O–H groups in total. The maximum absolute atomic E-state index is 12.9. The largest absolute Gasteiger partial charge is 0.497 e. The van der Waals surface area contributed by atoms with Crippen LogP contribution >= 0.6 is 0 Å². The van der Waals surface area contributed by atoms with Crippen LogP contribution in [0.15, 0.2) is 91.1 Å². The molecule has 230 valence electrons. The first-order valence-electron chi connectivity index (χ1n) is 15.3. The summed E-state index contributed by atoms with van der Waals surface area (Å²) >= 11 is 0. The number of nitrogens with zero attached hydrogens (tertiary/aromatic N) is 4. The van der Waals surface area contributed by atoms with Gasteiger partial charge in [-0.1, -0.05) is 61.9 Å². The van der Waals surface area contributed by atoms with Gasteiger partial charge in [0.1, 0.15) is 17.3 Å². The van der Waals surface area contributed by atoms with Crippen LogP contribution < -0.4 is 19.7 Å². The second-order valence-electron chi connectivity index (χ2n) is 11.1. The number of carboxylic acid groups (broad SMARTS) is 1. The number of amides is 1. The first-order valence-corrected chi connectivity index (χ1v) is 15.3. The van der Waals surface area contributed by atoms with E-state index >= 15 is 0 Å². The van der Waals surface area contributed by atoms with E-state index in [-0.39, 0.29) is 17.7 Å². The summed E-state index contributed by atoms with van der Waals surface area (Å²) in [6.07, 6.45) is 5.33.